The Labute approximate surface area is 223 Å². The molecule has 4 aromatic rings. The van der Waals surface area contributed by atoms with Crippen LogP contribution in [-0.4, -0.2) is 59.3 Å². The number of halogens is 3. The predicted molar refractivity (Wildman–Crippen MR) is 139 cm³/mol. The normalized spacial score (nSPS) is 13.4. The van der Waals surface area contributed by atoms with Crippen LogP contribution in [-0.2, 0) is 4.74 Å². The Balaban J connectivity index is 1.32. The Bertz CT molecular complexity index is 1500. The number of hydrogen-bond donors (Lipinski definition) is 0. The second kappa shape index (κ2) is 11.0. The lowest BCUT2D eigenvalue weighted by Crippen LogP contribution is -2.48. The number of piperazine rings is 1. The summed E-state index contributed by atoms with van der Waals surface area (Å²) in [7, 11) is 0. The third-order valence-corrected chi connectivity index (χ3v) is 6.53. The topological polar surface area (TPSA) is 67.7 Å². The zero-order valence-electron chi connectivity index (χ0n) is 21.1. The number of anilines is 1. The summed E-state index contributed by atoms with van der Waals surface area (Å²) in [6.45, 7) is 3.92. The highest BCUT2D eigenvalue weighted by Crippen LogP contribution is 2.28. The molecule has 1 saturated heterocycles. The zero-order valence-corrected chi connectivity index (χ0v) is 21.1. The van der Waals surface area contributed by atoms with E-state index in [1.165, 1.54) is 18.2 Å². The largest absolute Gasteiger partial charge is 0.461 e. The highest BCUT2D eigenvalue weighted by Gasteiger charge is 2.24. The molecule has 0 aliphatic carbocycles. The molecule has 39 heavy (non-hydrogen) atoms. The van der Waals surface area contributed by atoms with Crippen molar-refractivity contribution in [1.82, 2.24) is 14.7 Å². The Hall–Kier alpha value is -4.60. The monoisotopic (exact) mass is 534 g/mol. The lowest BCUT2D eigenvalue weighted by molar-refractivity contribution is 0.0518. The van der Waals surface area contributed by atoms with Crippen LogP contribution in [0.15, 0.2) is 72.8 Å². The van der Waals surface area contributed by atoms with E-state index in [0.29, 0.717) is 37.6 Å². The van der Waals surface area contributed by atoms with Crippen molar-refractivity contribution in [3.8, 4) is 16.9 Å². The third kappa shape index (κ3) is 5.50. The number of aromatic nitrogens is 2. The summed E-state index contributed by atoms with van der Waals surface area (Å²) in [5.74, 6) is -3.30. The van der Waals surface area contributed by atoms with Crippen molar-refractivity contribution in [2.24, 2.45) is 0 Å². The molecule has 1 fully saturated rings. The van der Waals surface area contributed by atoms with Gasteiger partial charge < -0.3 is 14.5 Å². The Morgan fingerprint density at radius 2 is 1.49 bits per heavy atom. The Morgan fingerprint density at radius 1 is 0.821 bits per heavy atom. The fourth-order valence-corrected chi connectivity index (χ4v) is 4.49. The highest BCUT2D eigenvalue weighted by atomic mass is 19.2. The van der Waals surface area contributed by atoms with Crippen LogP contribution in [0.2, 0.25) is 0 Å². The van der Waals surface area contributed by atoms with Gasteiger partial charge in [0.1, 0.15) is 5.82 Å². The number of rotatable bonds is 6. The van der Waals surface area contributed by atoms with Gasteiger partial charge in [0.05, 0.1) is 18.0 Å². The van der Waals surface area contributed by atoms with Crippen molar-refractivity contribution in [3.63, 3.8) is 0 Å². The SMILES string of the molecule is CCOC(=O)c1cc(-c2ccc(N3CCN(C(=O)c4ccc(F)c(F)c4)CC3)cc2)n(-c2ccc(F)cc2)n1. The predicted octanol–water partition coefficient (Wildman–Crippen LogP) is 5.10. The molecule has 3 aromatic carbocycles. The average molecular weight is 535 g/mol. The lowest BCUT2D eigenvalue weighted by Gasteiger charge is -2.36. The number of ether oxygens (including phenoxy) is 1. The number of carbonyl (C=O) groups excluding carboxylic acids is 2. The van der Waals surface area contributed by atoms with Crippen LogP contribution < -0.4 is 4.90 Å². The minimum absolute atomic E-state index is 0.117. The minimum atomic E-state index is -1.05. The van der Waals surface area contributed by atoms with Gasteiger partial charge in [-0.15, -0.1) is 0 Å². The van der Waals surface area contributed by atoms with Crippen molar-refractivity contribution in [2.45, 2.75) is 6.92 Å². The van der Waals surface area contributed by atoms with Crippen LogP contribution in [0, 0.1) is 17.5 Å². The minimum Gasteiger partial charge on any atom is -0.461 e. The molecule has 0 unspecified atom stereocenters. The first-order chi connectivity index (χ1) is 18.8. The molecule has 2 heterocycles. The first-order valence-electron chi connectivity index (χ1n) is 12.5. The van der Waals surface area contributed by atoms with E-state index in [1.807, 2.05) is 24.3 Å². The smallest absolute Gasteiger partial charge is 0.358 e. The van der Waals surface area contributed by atoms with Gasteiger partial charge in [-0.3, -0.25) is 4.79 Å². The molecule has 0 bridgehead atoms. The van der Waals surface area contributed by atoms with Crippen LogP contribution in [0.3, 0.4) is 0 Å². The van der Waals surface area contributed by atoms with E-state index in [2.05, 4.69) is 10.00 Å². The fourth-order valence-electron chi connectivity index (χ4n) is 4.49. The van der Waals surface area contributed by atoms with Crippen molar-refractivity contribution in [2.75, 3.05) is 37.7 Å². The Kier molecular flexibility index (Phi) is 7.36. The van der Waals surface area contributed by atoms with E-state index in [9.17, 15) is 22.8 Å². The van der Waals surface area contributed by atoms with Gasteiger partial charge in [-0.25, -0.2) is 22.6 Å². The Morgan fingerprint density at radius 3 is 2.13 bits per heavy atom. The molecule has 1 aliphatic heterocycles. The summed E-state index contributed by atoms with van der Waals surface area (Å²) in [6.07, 6.45) is 0. The van der Waals surface area contributed by atoms with Crippen molar-refractivity contribution < 1.29 is 27.5 Å². The standard InChI is InChI=1S/C29H25F3N4O3/c1-2-39-29(38)26-18-27(36(33-26)23-10-6-21(30)7-11-23)19-3-8-22(9-4-19)34-13-15-35(16-14-34)28(37)20-5-12-24(31)25(32)17-20/h3-12,17-18H,2,13-16H2,1H3. The molecule has 200 valence electrons. The second-order valence-corrected chi connectivity index (χ2v) is 8.98. The van der Waals surface area contributed by atoms with Crippen LogP contribution in [0.25, 0.3) is 16.9 Å². The molecule has 0 radical (unpaired) electrons. The third-order valence-electron chi connectivity index (χ3n) is 6.53. The fraction of sp³-hybridized carbons (Fsp3) is 0.207. The maximum absolute atomic E-state index is 13.6. The molecule has 1 aromatic heterocycles. The summed E-state index contributed by atoms with van der Waals surface area (Å²) in [5, 5.41) is 4.40. The summed E-state index contributed by atoms with van der Waals surface area (Å²) in [6, 6.07) is 18.3. The van der Waals surface area contributed by atoms with Gasteiger partial charge in [-0.05, 0) is 67.6 Å². The average Bonchev–Trinajstić information content (AvgIpc) is 3.41. The van der Waals surface area contributed by atoms with Crippen molar-refractivity contribution in [3.05, 3.63) is 102 Å². The first-order valence-corrected chi connectivity index (χ1v) is 12.5. The quantitative estimate of drug-likeness (QED) is 0.322. The van der Waals surface area contributed by atoms with Crippen molar-refractivity contribution in [1.29, 1.82) is 0 Å². The van der Waals surface area contributed by atoms with Gasteiger partial charge in [0.25, 0.3) is 5.91 Å². The van der Waals surface area contributed by atoms with Gasteiger partial charge in [-0.1, -0.05) is 12.1 Å². The summed E-state index contributed by atoms with van der Waals surface area (Å²) >= 11 is 0. The van der Waals surface area contributed by atoms with Crippen LogP contribution in [0.1, 0.15) is 27.8 Å². The number of hydrogen-bond acceptors (Lipinski definition) is 5. The van der Waals surface area contributed by atoms with Crippen molar-refractivity contribution >= 4 is 17.6 Å². The number of benzene rings is 3. The maximum Gasteiger partial charge on any atom is 0.358 e. The molecular formula is C29H25F3N4O3. The zero-order chi connectivity index (χ0) is 27.5. The molecular weight excluding hydrogens is 509 g/mol. The van der Waals surface area contributed by atoms with Gasteiger partial charge in [0.2, 0.25) is 0 Å². The number of esters is 1. The molecule has 0 atom stereocenters. The van der Waals surface area contributed by atoms with E-state index >= 15 is 0 Å². The van der Waals surface area contributed by atoms with Gasteiger partial charge in [0.15, 0.2) is 17.3 Å². The second-order valence-electron chi connectivity index (χ2n) is 8.98. The first kappa shape index (κ1) is 26.0. The molecule has 1 aliphatic rings. The molecule has 0 spiro atoms. The van der Waals surface area contributed by atoms with Crippen LogP contribution in [0.4, 0.5) is 18.9 Å². The van der Waals surface area contributed by atoms with Gasteiger partial charge in [0, 0.05) is 43.0 Å². The van der Waals surface area contributed by atoms with Gasteiger partial charge in [-0.2, -0.15) is 5.10 Å². The molecule has 0 N–H and O–H groups in total. The van der Waals surface area contributed by atoms with Crippen LogP contribution in [0.5, 0.6) is 0 Å². The van der Waals surface area contributed by atoms with E-state index < -0.39 is 17.6 Å². The van der Waals surface area contributed by atoms with E-state index in [1.54, 1.807) is 34.7 Å². The molecule has 0 saturated carbocycles. The molecule has 1 amide bonds. The number of amides is 1. The summed E-state index contributed by atoms with van der Waals surface area (Å²) in [5.41, 5.74) is 3.22. The molecule has 5 rings (SSSR count). The van der Waals surface area contributed by atoms with Gasteiger partial charge >= 0.3 is 5.97 Å². The maximum atomic E-state index is 13.6. The van der Waals surface area contributed by atoms with E-state index in [-0.39, 0.29) is 29.6 Å². The summed E-state index contributed by atoms with van der Waals surface area (Å²) in [4.78, 5) is 28.8. The number of carbonyl (C=O) groups is 2. The summed E-state index contributed by atoms with van der Waals surface area (Å²) < 4.78 is 47.0. The lowest BCUT2D eigenvalue weighted by atomic mass is 10.1. The molecule has 7 nitrogen and oxygen atoms in total. The van der Waals surface area contributed by atoms with E-state index in [0.717, 1.165) is 23.4 Å². The highest BCUT2D eigenvalue weighted by molar-refractivity contribution is 5.94. The van der Waals surface area contributed by atoms with Crippen LogP contribution >= 0.6 is 0 Å². The van der Waals surface area contributed by atoms with E-state index in [4.69, 9.17) is 4.74 Å². The number of nitrogens with zero attached hydrogens (tertiary/aromatic N) is 4. The molecule has 10 heteroatoms.